The summed E-state index contributed by atoms with van der Waals surface area (Å²) in [4.78, 5) is 27.9. The zero-order chi connectivity index (χ0) is 18.0. The lowest BCUT2D eigenvalue weighted by molar-refractivity contribution is 0.0766. The van der Waals surface area contributed by atoms with E-state index in [2.05, 4.69) is 4.98 Å². The third-order valence-electron chi connectivity index (χ3n) is 4.04. The van der Waals surface area contributed by atoms with Gasteiger partial charge in [0, 0.05) is 35.9 Å². The Kier molecular flexibility index (Phi) is 5.44. The van der Waals surface area contributed by atoms with E-state index in [1.54, 1.807) is 4.90 Å². The molecule has 1 saturated heterocycles. The lowest BCUT2D eigenvalue weighted by atomic mass is 10.1. The molecule has 1 amide bonds. The lowest BCUT2D eigenvalue weighted by Crippen LogP contribution is -2.33. The second kappa shape index (κ2) is 7.58. The SMILES string of the molecule is O=C(c1c[nH]c(=O)c(Cl)c1)N1CCS[C@H](c2cc(F)ccc2F)CC1. The van der Waals surface area contributed by atoms with Crippen LogP contribution in [-0.4, -0.2) is 34.6 Å². The summed E-state index contributed by atoms with van der Waals surface area (Å²) in [5, 5.41) is -0.262. The second-order valence-electron chi connectivity index (χ2n) is 5.67. The molecular weight excluding hydrogens is 370 g/mol. The van der Waals surface area contributed by atoms with Crippen LogP contribution in [-0.2, 0) is 0 Å². The fourth-order valence-electron chi connectivity index (χ4n) is 2.75. The molecule has 8 heteroatoms. The number of aromatic nitrogens is 1. The minimum Gasteiger partial charge on any atom is -0.338 e. The van der Waals surface area contributed by atoms with Crippen molar-refractivity contribution in [3.8, 4) is 0 Å². The largest absolute Gasteiger partial charge is 0.338 e. The number of nitrogens with one attached hydrogen (secondary N) is 1. The summed E-state index contributed by atoms with van der Waals surface area (Å²) in [5.41, 5.74) is 0.169. The molecule has 0 radical (unpaired) electrons. The molecule has 0 spiro atoms. The molecule has 132 valence electrons. The summed E-state index contributed by atoms with van der Waals surface area (Å²) in [6, 6.07) is 4.77. The number of aromatic amines is 1. The predicted molar refractivity (Wildman–Crippen MR) is 94.2 cm³/mol. The Morgan fingerprint density at radius 2 is 2.08 bits per heavy atom. The number of carbonyl (C=O) groups excluding carboxylic acids is 1. The Morgan fingerprint density at radius 1 is 1.28 bits per heavy atom. The quantitative estimate of drug-likeness (QED) is 0.860. The fraction of sp³-hybridized carbons (Fsp3) is 0.294. The molecule has 1 fully saturated rings. The Bertz CT molecular complexity index is 859. The van der Waals surface area contributed by atoms with Gasteiger partial charge in [0.15, 0.2) is 0 Å². The molecule has 0 unspecified atom stereocenters. The van der Waals surface area contributed by atoms with Crippen LogP contribution < -0.4 is 5.56 Å². The molecule has 4 nitrogen and oxygen atoms in total. The van der Waals surface area contributed by atoms with E-state index in [9.17, 15) is 18.4 Å². The van der Waals surface area contributed by atoms with Crippen LogP contribution >= 0.6 is 23.4 Å². The molecular formula is C17H15ClF2N2O2S. The van der Waals surface area contributed by atoms with E-state index in [0.717, 1.165) is 12.1 Å². The van der Waals surface area contributed by atoms with Crippen LogP contribution in [0.2, 0.25) is 5.02 Å². The molecule has 1 N–H and O–H groups in total. The first-order valence-electron chi connectivity index (χ1n) is 7.70. The van der Waals surface area contributed by atoms with Crippen molar-refractivity contribution in [2.45, 2.75) is 11.7 Å². The molecule has 2 heterocycles. The number of benzene rings is 1. The van der Waals surface area contributed by atoms with Crippen LogP contribution in [0.15, 0.2) is 35.3 Å². The Morgan fingerprint density at radius 3 is 2.84 bits per heavy atom. The van der Waals surface area contributed by atoms with Gasteiger partial charge in [-0.25, -0.2) is 8.78 Å². The molecule has 1 aromatic carbocycles. The average molecular weight is 385 g/mol. The summed E-state index contributed by atoms with van der Waals surface area (Å²) >= 11 is 7.27. The van der Waals surface area contributed by atoms with Gasteiger partial charge in [0.2, 0.25) is 0 Å². The normalized spacial score (nSPS) is 18.0. The Hall–Kier alpha value is -1.86. The van der Waals surface area contributed by atoms with Gasteiger partial charge in [-0.2, -0.15) is 11.8 Å². The van der Waals surface area contributed by atoms with Gasteiger partial charge >= 0.3 is 0 Å². The van der Waals surface area contributed by atoms with E-state index in [1.807, 2.05) is 0 Å². The molecule has 0 bridgehead atoms. The average Bonchev–Trinajstić information content (AvgIpc) is 2.85. The molecule has 2 aromatic rings. The van der Waals surface area contributed by atoms with Crippen molar-refractivity contribution >= 4 is 29.3 Å². The van der Waals surface area contributed by atoms with Crippen molar-refractivity contribution in [2.24, 2.45) is 0 Å². The van der Waals surface area contributed by atoms with Crippen LogP contribution in [0.1, 0.15) is 27.6 Å². The van der Waals surface area contributed by atoms with E-state index in [4.69, 9.17) is 11.6 Å². The molecule has 1 aliphatic rings. The van der Waals surface area contributed by atoms with Gasteiger partial charge < -0.3 is 9.88 Å². The van der Waals surface area contributed by atoms with E-state index in [-0.39, 0.29) is 16.2 Å². The van der Waals surface area contributed by atoms with Crippen molar-refractivity contribution in [2.75, 3.05) is 18.8 Å². The van der Waals surface area contributed by atoms with Crippen LogP contribution in [0.4, 0.5) is 8.78 Å². The number of hydrogen-bond acceptors (Lipinski definition) is 3. The fourth-order valence-corrected chi connectivity index (χ4v) is 4.16. The van der Waals surface area contributed by atoms with E-state index >= 15 is 0 Å². The molecule has 1 aliphatic heterocycles. The van der Waals surface area contributed by atoms with Crippen molar-refractivity contribution in [1.29, 1.82) is 0 Å². The lowest BCUT2D eigenvalue weighted by Gasteiger charge is -2.20. The van der Waals surface area contributed by atoms with Crippen molar-refractivity contribution < 1.29 is 13.6 Å². The van der Waals surface area contributed by atoms with Crippen LogP contribution in [0.3, 0.4) is 0 Å². The van der Waals surface area contributed by atoms with Crippen LogP contribution in [0, 0.1) is 11.6 Å². The topological polar surface area (TPSA) is 53.2 Å². The molecule has 0 saturated carbocycles. The highest BCUT2D eigenvalue weighted by atomic mass is 35.5. The first kappa shape index (κ1) is 17.9. The highest BCUT2D eigenvalue weighted by Gasteiger charge is 2.25. The van der Waals surface area contributed by atoms with Gasteiger partial charge in [0.25, 0.3) is 11.5 Å². The first-order chi connectivity index (χ1) is 12.0. The summed E-state index contributed by atoms with van der Waals surface area (Å²) in [6.07, 6.45) is 1.84. The highest BCUT2D eigenvalue weighted by Crippen LogP contribution is 2.36. The van der Waals surface area contributed by atoms with Crippen molar-refractivity contribution in [1.82, 2.24) is 9.88 Å². The van der Waals surface area contributed by atoms with Gasteiger partial charge in [-0.3, -0.25) is 9.59 Å². The maximum atomic E-state index is 14.0. The number of pyridine rings is 1. The van der Waals surface area contributed by atoms with Gasteiger partial charge in [0.1, 0.15) is 16.7 Å². The second-order valence-corrected chi connectivity index (χ2v) is 7.39. The van der Waals surface area contributed by atoms with E-state index in [0.29, 0.717) is 36.4 Å². The number of H-pyrrole nitrogens is 1. The number of thioether (sulfide) groups is 1. The summed E-state index contributed by atoms with van der Waals surface area (Å²) in [6.45, 7) is 0.886. The van der Waals surface area contributed by atoms with E-state index < -0.39 is 17.2 Å². The third-order valence-corrected chi connectivity index (χ3v) is 5.63. The zero-order valence-corrected chi connectivity index (χ0v) is 14.7. The highest BCUT2D eigenvalue weighted by molar-refractivity contribution is 7.99. The number of hydrogen-bond donors (Lipinski definition) is 1. The smallest absolute Gasteiger partial charge is 0.266 e. The van der Waals surface area contributed by atoms with Crippen molar-refractivity contribution in [3.05, 3.63) is 68.6 Å². The molecule has 3 rings (SSSR count). The number of amides is 1. The van der Waals surface area contributed by atoms with Crippen molar-refractivity contribution in [3.63, 3.8) is 0 Å². The predicted octanol–water partition coefficient (Wildman–Crippen LogP) is 3.63. The summed E-state index contributed by atoms with van der Waals surface area (Å²) in [7, 11) is 0. The Labute approximate surface area is 152 Å². The Balaban J connectivity index is 1.75. The summed E-state index contributed by atoms with van der Waals surface area (Å²) in [5.74, 6) is -0.564. The number of rotatable bonds is 2. The summed E-state index contributed by atoms with van der Waals surface area (Å²) < 4.78 is 27.4. The molecule has 1 aromatic heterocycles. The van der Waals surface area contributed by atoms with Crippen LogP contribution in [0.5, 0.6) is 0 Å². The maximum absolute atomic E-state index is 14.0. The molecule has 25 heavy (non-hydrogen) atoms. The van der Waals surface area contributed by atoms with Gasteiger partial charge in [0.05, 0.1) is 5.56 Å². The minimum atomic E-state index is -0.475. The maximum Gasteiger partial charge on any atom is 0.266 e. The molecule has 0 aliphatic carbocycles. The number of nitrogens with zero attached hydrogens (tertiary/aromatic N) is 1. The first-order valence-corrected chi connectivity index (χ1v) is 9.12. The molecule has 1 atom stereocenters. The minimum absolute atomic E-state index is 0.0465. The standard InChI is InChI=1S/C17H15ClF2N2O2S/c18-13-7-10(9-21-16(13)23)17(24)22-4-3-15(25-6-5-22)12-8-11(19)1-2-14(12)20/h1-2,7-9,15H,3-6H2,(H,21,23)/t15-/m0/s1. The number of carbonyl (C=O) groups is 1. The van der Waals surface area contributed by atoms with Gasteiger partial charge in [-0.15, -0.1) is 0 Å². The van der Waals surface area contributed by atoms with Gasteiger partial charge in [-0.05, 0) is 30.7 Å². The van der Waals surface area contributed by atoms with Gasteiger partial charge in [-0.1, -0.05) is 11.6 Å². The number of halogens is 3. The third kappa shape index (κ3) is 4.04. The van der Waals surface area contributed by atoms with Crippen LogP contribution in [0.25, 0.3) is 0 Å². The van der Waals surface area contributed by atoms with E-state index in [1.165, 1.54) is 30.1 Å². The monoisotopic (exact) mass is 384 g/mol. The zero-order valence-electron chi connectivity index (χ0n) is 13.1.